The molecule has 1 aliphatic rings. The third-order valence-corrected chi connectivity index (χ3v) is 4.69. The highest BCUT2D eigenvalue weighted by atomic mass is 32.1. The minimum absolute atomic E-state index is 0.0862. The molecule has 0 aliphatic carbocycles. The standard InChI is InChI=1S/C19H18N4O4S/c1-27-14-5-2-4-12(8-14)10-21-16(24)9-13-11-28-19(22-13)23-18(26)15-6-3-7-20-17(15)25/h2-8,11,15H,9-10H2,1H3,(H,21,24)(H,22,23,26). The number of carbonyl (C=O) groups is 3. The number of methoxy groups -OCH3 is 1. The van der Waals surface area contributed by atoms with E-state index in [1.165, 1.54) is 23.6 Å². The van der Waals surface area contributed by atoms with Crippen molar-refractivity contribution in [2.45, 2.75) is 13.0 Å². The van der Waals surface area contributed by atoms with Gasteiger partial charge < -0.3 is 15.4 Å². The number of dihydropyridines is 1. The van der Waals surface area contributed by atoms with E-state index in [1.807, 2.05) is 24.3 Å². The van der Waals surface area contributed by atoms with Crippen LogP contribution in [0.5, 0.6) is 5.75 Å². The first kappa shape index (κ1) is 19.4. The van der Waals surface area contributed by atoms with Crippen LogP contribution in [0.15, 0.2) is 46.8 Å². The van der Waals surface area contributed by atoms with E-state index < -0.39 is 17.7 Å². The molecular weight excluding hydrogens is 380 g/mol. The van der Waals surface area contributed by atoms with Gasteiger partial charge in [0.05, 0.1) is 19.2 Å². The van der Waals surface area contributed by atoms with Gasteiger partial charge in [0.15, 0.2) is 5.13 Å². The summed E-state index contributed by atoms with van der Waals surface area (Å²) in [4.78, 5) is 43.7. The number of amides is 3. The number of anilines is 1. The fourth-order valence-electron chi connectivity index (χ4n) is 2.48. The lowest BCUT2D eigenvalue weighted by molar-refractivity contribution is -0.128. The molecular formula is C19H18N4O4S. The molecule has 144 valence electrons. The minimum Gasteiger partial charge on any atom is -0.497 e. The fraction of sp³-hybridized carbons (Fsp3) is 0.211. The van der Waals surface area contributed by atoms with Crippen LogP contribution < -0.4 is 15.4 Å². The van der Waals surface area contributed by atoms with Crippen LogP contribution in [0.3, 0.4) is 0 Å². The van der Waals surface area contributed by atoms with Gasteiger partial charge in [-0.05, 0) is 23.8 Å². The summed E-state index contributed by atoms with van der Waals surface area (Å²) in [6.45, 7) is 0.375. The van der Waals surface area contributed by atoms with Crippen molar-refractivity contribution in [1.29, 1.82) is 0 Å². The maximum Gasteiger partial charge on any atom is 0.262 e. The lowest BCUT2D eigenvalue weighted by Gasteiger charge is -2.09. The van der Waals surface area contributed by atoms with Crippen LogP contribution in [0.1, 0.15) is 11.3 Å². The molecule has 1 aromatic carbocycles. The second-order valence-corrected chi connectivity index (χ2v) is 6.78. The van der Waals surface area contributed by atoms with Crippen LogP contribution in [0.2, 0.25) is 0 Å². The Bertz CT molecular complexity index is 951. The molecule has 0 bridgehead atoms. The van der Waals surface area contributed by atoms with Gasteiger partial charge in [0, 0.05) is 18.1 Å². The van der Waals surface area contributed by atoms with E-state index in [2.05, 4.69) is 20.6 Å². The number of carbonyl (C=O) groups excluding carboxylic acids is 3. The molecule has 0 radical (unpaired) electrons. The summed E-state index contributed by atoms with van der Waals surface area (Å²) in [7, 11) is 1.59. The van der Waals surface area contributed by atoms with Crippen molar-refractivity contribution in [2.75, 3.05) is 12.4 Å². The number of nitrogens with one attached hydrogen (secondary N) is 2. The van der Waals surface area contributed by atoms with Crippen LogP contribution in [-0.2, 0) is 27.3 Å². The van der Waals surface area contributed by atoms with Crippen LogP contribution in [0, 0.1) is 5.92 Å². The second kappa shape index (κ2) is 9.05. The predicted molar refractivity (Wildman–Crippen MR) is 105 cm³/mol. The van der Waals surface area contributed by atoms with Gasteiger partial charge in [0.25, 0.3) is 5.91 Å². The van der Waals surface area contributed by atoms with Crippen molar-refractivity contribution in [2.24, 2.45) is 10.9 Å². The molecule has 0 saturated heterocycles. The Labute approximate surface area is 165 Å². The topological polar surface area (TPSA) is 110 Å². The fourth-order valence-corrected chi connectivity index (χ4v) is 3.19. The van der Waals surface area contributed by atoms with Crippen LogP contribution >= 0.6 is 11.3 Å². The van der Waals surface area contributed by atoms with Gasteiger partial charge in [0.1, 0.15) is 11.7 Å². The Morgan fingerprint density at radius 2 is 2.18 bits per heavy atom. The molecule has 2 heterocycles. The van der Waals surface area contributed by atoms with E-state index in [1.54, 1.807) is 18.6 Å². The van der Waals surface area contributed by atoms with E-state index in [9.17, 15) is 14.4 Å². The number of benzene rings is 1. The Balaban J connectivity index is 1.50. The molecule has 2 aromatic rings. The Hall–Kier alpha value is -3.33. The molecule has 1 atom stereocenters. The zero-order chi connectivity index (χ0) is 19.9. The average Bonchev–Trinajstić information content (AvgIpc) is 3.13. The quantitative estimate of drug-likeness (QED) is 0.691. The highest BCUT2D eigenvalue weighted by Gasteiger charge is 2.25. The van der Waals surface area contributed by atoms with E-state index in [4.69, 9.17) is 4.74 Å². The molecule has 3 amide bonds. The number of hydrogen-bond donors (Lipinski definition) is 2. The molecule has 1 aromatic heterocycles. The number of rotatable bonds is 7. The number of thiazole rings is 1. The van der Waals surface area contributed by atoms with E-state index in [0.29, 0.717) is 17.4 Å². The smallest absolute Gasteiger partial charge is 0.262 e. The Kier molecular flexibility index (Phi) is 6.28. The van der Waals surface area contributed by atoms with Crippen molar-refractivity contribution in [1.82, 2.24) is 10.3 Å². The number of nitrogens with zero attached hydrogens (tertiary/aromatic N) is 2. The summed E-state index contributed by atoms with van der Waals surface area (Å²) in [5.74, 6) is -1.44. The van der Waals surface area contributed by atoms with Gasteiger partial charge in [-0.3, -0.25) is 14.4 Å². The second-order valence-electron chi connectivity index (χ2n) is 5.92. The van der Waals surface area contributed by atoms with E-state index in [-0.39, 0.29) is 12.3 Å². The average molecular weight is 398 g/mol. The summed E-state index contributed by atoms with van der Waals surface area (Å²) >= 11 is 1.19. The number of aromatic nitrogens is 1. The lowest BCUT2D eigenvalue weighted by atomic mass is 10.1. The monoisotopic (exact) mass is 398 g/mol. The van der Waals surface area contributed by atoms with Crippen molar-refractivity contribution < 1.29 is 19.1 Å². The molecule has 0 saturated carbocycles. The first-order chi connectivity index (χ1) is 13.5. The van der Waals surface area contributed by atoms with Gasteiger partial charge in [0.2, 0.25) is 11.8 Å². The summed E-state index contributed by atoms with van der Waals surface area (Å²) in [6, 6.07) is 7.43. The summed E-state index contributed by atoms with van der Waals surface area (Å²) < 4.78 is 5.15. The molecule has 8 nitrogen and oxygen atoms in total. The van der Waals surface area contributed by atoms with Gasteiger partial charge in [-0.1, -0.05) is 18.2 Å². The zero-order valence-electron chi connectivity index (χ0n) is 15.0. The van der Waals surface area contributed by atoms with Crippen LogP contribution in [0.25, 0.3) is 0 Å². The minimum atomic E-state index is -0.955. The summed E-state index contributed by atoms with van der Waals surface area (Å²) in [5, 5.41) is 7.42. The van der Waals surface area contributed by atoms with Gasteiger partial charge >= 0.3 is 0 Å². The van der Waals surface area contributed by atoms with Gasteiger partial charge in [-0.25, -0.2) is 9.98 Å². The third kappa shape index (κ3) is 5.10. The highest BCUT2D eigenvalue weighted by Crippen LogP contribution is 2.18. The van der Waals surface area contributed by atoms with Gasteiger partial charge in [-0.15, -0.1) is 11.3 Å². The van der Waals surface area contributed by atoms with Crippen molar-refractivity contribution in [3.05, 3.63) is 53.1 Å². The van der Waals surface area contributed by atoms with Crippen LogP contribution in [0.4, 0.5) is 5.13 Å². The predicted octanol–water partition coefficient (Wildman–Crippen LogP) is 1.73. The summed E-state index contributed by atoms with van der Waals surface area (Å²) in [5.41, 5.74) is 1.46. The summed E-state index contributed by atoms with van der Waals surface area (Å²) in [6.07, 6.45) is 4.46. The van der Waals surface area contributed by atoms with Gasteiger partial charge in [-0.2, -0.15) is 0 Å². The molecule has 0 fully saturated rings. The zero-order valence-corrected chi connectivity index (χ0v) is 15.9. The first-order valence-corrected chi connectivity index (χ1v) is 9.32. The maximum absolute atomic E-state index is 12.1. The molecule has 3 rings (SSSR count). The largest absolute Gasteiger partial charge is 0.497 e. The number of aliphatic imine (C=N–C) groups is 1. The number of allylic oxidation sites excluding steroid dienone is 1. The highest BCUT2D eigenvalue weighted by molar-refractivity contribution is 7.14. The number of ether oxygens (including phenoxy) is 1. The lowest BCUT2D eigenvalue weighted by Crippen LogP contribution is -2.28. The molecule has 0 spiro atoms. The normalized spacial score (nSPS) is 15.3. The molecule has 1 aliphatic heterocycles. The van der Waals surface area contributed by atoms with E-state index >= 15 is 0 Å². The number of hydrogen-bond acceptors (Lipinski definition) is 6. The van der Waals surface area contributed by atoms with Crippen molar-refractivity contribution in [3.8, 4) is 5.75 Å². The Morgan fingerprint density at radius 1 is 1.32 bits per heavy atom. The molecule has 9 heteroatoms. The van der Waals surface area contributed by atoms with E-state index in [0.717, 1.165) is 11.3 Å². The molecule has 1 unspecified atom stereocenters. The maximum atomic E-state index is 12.1. The molecule has 28 heavy (non-hydrogen) atoms. The molecule has 2 N–H and O–H groups in total. The first-order valence-electron chi connectivity index (χ1n) is 8.45. The van der Waals surface area contributed by atoms with Crippen molar-refractivity contribution >= 4 is 40.4 Å². The SMILES string of the molecule is COc1cccc(CNC(=O)Cc2csc(NC(=O)C3C=CC=NC3=O)n2)c1. The van der Waals surface area contributed by atoms with Crippen molar-refractivity contribution in [3.63, 3.8) is 0 Å². The third-order valence-electron chi connectivity index (χ3n) is 3.89. The van der Waals surface area contributed by atoms with Crippen LogP contribution in [-0.4, -0.2) is 36.0 Å². The Morgan fingerprint density at radius 3 is 2.96 bits per heavy atom.